The molecule has 104 valence electrons. The maximum atomic E-state index is 10.7. The fraction of sp³-hybridized carbons (Fsp3) is 0.444. The van der Waals surface area contributed by atoms with Gasteiger partial charge in [0, 0.05) is 6.42 Å². The molecule has 9 heteroatoms. The molecule has 0 aliphatic rings. The molecule has 0 saturated heterocycles. The highest BCUT2D eigenvalue weighted by atomic mass is 19.4. The molecule has 1 unspecified atom stereocenters. The van der Waals surface area contributed by atoms with E-state index < -0.39 is 24.2 Å². The van der Waals surface area contributed by atoms with Crippen LogP contribution < -0.4 is 5.73 Å². The summed E-state index contributed by atoms with van der Waals surface area (Å²) in [4.78, 5) is 29.8. The van der Waals surface area contributed by atoms with Gasteiger partial charge in [-0.1, -0.05) is 6.08 Å². The summed E-state index contributed by atoms with van der Waals surface area (Å²) in [6.45, 7) is 1.68. The van der Waals surface area contributed by atoms with E-state index in [0.717, 1.165) is 0 Å². The predicted molar refractivity (Wildman–Crippen MR) is 53.7 cm³/mol. The van der Waals surface area contributed by atoms with E-state index in [9.17, 15) is 22.8 Å². The zero-order chi connectivity index (χ0) is 14.9. The van der Waals surface area contributed by atoms with Crippen molar-refractivity contribution >= 4 is 17.7 Å². The van der Waals surface area contributed by atoms with Gasteiger partial charge in [0.1, 0.15) is 6.04 Å². The maximum absolute atomic E-state index is 10.7. The van der Waals surface area contributed by atoms with Crippen molar-refractivity contribution in [1.29, 1.82) is 0 Å². The fourth-order valence-electron chi connectivity index (χ4n) is 0.558. The van der Waals surface area contributed by atoms with Crippen LogP contribution in [-0.2, 0) is 14.4 Å². The number of hydrogen-bond donors (Lipinski definition) is 3. The number of alkyl halides is 3. The number of rotatable bonds is 4. The highest BCUT2D eigenvalue weighted by molar-refractivity contribution is 5.93. The SMILES string of the molecule is C/C=C/C(=O)CC(N)C(=O)O.O=C(O)C(F)(F)F. The van der Waals surface area contributed by atoms with Gasteiger partial charge >= 0.3 is 18.1 Å². The van der Waals surface area contributed by atoms with Crippen LogP contribution >= 0.6 is 0 Å². The first kappa shape index (κ1) is 18.5. The van der Waals surface area contributed by atoms with Crippen LogP contribution in [0.3, 0.4) is 0 Å². The van der Waals surface area contributed by atoms with Crippen molar-refractivity contribution in [2.24, 2.45) is 5.73 Å². The average Bonchev–Trinajstić information content (AvgIpc) is 2.16. The zero-order valence-electron chi connectivity index (χ0n) is 9.27. The minimum Gasteiger partial charge on any atom is -0.480 e. The highest BCUT2D eigenvalue weighted by Crippen LogP contribution is 2.13. The molecule has 0 amide bonds. The summed E-state index contributed by atoms with van der Waals surface area (Å²) in [5.41, 5.74) is 5.09. The van der Waals surface area contributed by atoms with Gasteiger partial charge in [-0.25, -0.2) is 4.79 Å². The lowest BCUT2D eigenvalue weighted by Gasteiger charge is -2.00. The second kappa shape index (κ2) is 8.23. The molecule has 0 aromatic rings. The van der Waals surface area contributed by atoms with Crippen LogP contribution in [0.25, 0.3) is 0 Å². The van der Waals surface area contributed by atoms with Crippen molar-refractivity contribution in [1.82, 2.24) is 0 Å². The summed E-state index contributed by atoms with van der Waals surface area (Å²) in [5.74, 6) is -4.17. The molecule has 4 N–H and O–H groups in total. The van der Waals surface area contributed by atoms with E-state index >= 15 is 0 Å². The lowest BCUT2D eigenvalue weighted by molar-refractivity contribution is -0.192. The Labute approximate surface area is 99.9 Å². The quantitative estimate of drug-likeness (QED) is 0.643. The van der Waals surface area contributed by atoms with Gasteiger partial charge in [0.25, 0.3) is 0 Å². The van der Waals surface area contributed by atoms with Gasteiger partial charge in [0.15, 0.2) is 5.78 Å². The number of halogens is 3. The van der Waals surface area contributed by atoms with Crippen LogP contribution in [0.5, 0.6) is 0 Å². The Morgan fingerprint density at radius 1 is 1.28 bits per heavy atom. The molecule has 0 bridgehead atoms. The van der Waals surface area contributed by atoms with Crippen molar-refractivity contribution in [3.8, 4) is 0 Å². The molecular weight excluding hydrogens is 259 g/mol. The van der Waals surface area contributed by atoms with E-state index in [1.807, 2.05) is 0 Å². The lowest BCUT2D eigenvalue weighted by atomic mass is 10.1. The molecule has 0 heterocycles. The minimum absolute atomic E-state index is 0.139. The topological polar surface area (TPSA) is 118 Å². The third kappa shape index (κ3) is 10.6. The van der Waals surface area contributed by atoms with Crippen LogP contribution in [0.15, 0.2) is 12.2 Å². The number of aliphatic carboxylic acids is 2. The van der Waals surface area contributed by atoms with Gasteiger partial charge in [0.2, 0.25) is 0 Å². The Morgan fingerprint density at radius 3 is 1.89 bits per heavy atom. The predicted octanol–water partition coefficient (Wildman–Crippen LogP) is 0.567. The molecule has 0 radical (unpaired) electrons. The summed E-state index contributed by atoms with van der Waals surface area (Å²) in [6.07, 6.45) is -2.36. The summed E-state index contributed by atoms with van der Waals surface area (Å²) in [6, 6.07) is -1.08. The monoisotopic (exact) mass is 271 g/mol. The van der Waals surface area contributed by atoms with Crippen molar-refractivity contribution in [3.05, 3.63) is 12.2 Å². The summed E-state index contributed by atoms with van der Waals surface area (Å²) < 4.78 is 31.7. The Hall–Kier alpha value is -1.90. The van der Waals surface area contributed by atoms with Crippen molar-refractivity contribution in [2.45, 2.75) is 25.6 Å². The number of carbonyl (C=O) groups excluding carboxylic acids is 1. The van der Waals surface area contributed by atoms with E-state index in [0.29, 0.717) is 0 Å². The van der Waals surface area contributed by atoms with E-state index in [4.69, 9.17) is 20.7 Å². The number of hydrogen-bond acceptors (Lipinski definition) is 4. The number of nitrogens with two attached hydrogens (primary N) is 1. The van der Waals surface area contributed by atoms with Crippen LogP contribution in [0, 0.1) is 0 Å². The largest absolute Gasteiger partial charge is 0.490 e. The van der Waals surface area contributed by atoms with Gasteiger partial charge in [0.05, 0.1) is 0 Å². The van der Waals surface area contributed by atoms with Gasteiger partial charge in [-0.05, 0) is 13.0 Å². The number of carboxylic acid groups (broad SMARTS) is 2. The van der Waals surface area contributed by atoms with Gasteiger partial charge in [-0.3, -0.25) is 9.59 Å². The van der Waals surface area contributed by atoms with Crippen LogP contribution in [0.4, 0.5) is 13.2 Å². The van der Waals surface area contributed by atoms with Crippen molar-refractivity contribution in [3.63, 3.8) is 0 Å². The molecule has 18 heavy (non-hydrogen) atoms. The molecule has 0 aromatic heterocycles. The standard InChI is InChI=1S/C7H11NO3.C2HF3O2/c1-2-3-5(9)4-6(8)7(10)11;3-2(4,5)1(6)7/h2-3,6H,4,8H2,1H3,(H,10,11);(H,6,7)/b3-2+;. The number of carboxylic acids is 2. The molecule has 0 saturated carbocycles. The normalized spacial score (nSPS) is 12.5. The Bertz CT molecular complexity index is 338. The van der Waals surface area contributed by atoms with E-state index in [1.165, 1.54) is 6.08 Å². The van der Waals surface area contributed by atoms with Gasteiger partial charge < -0.3 is 15.9 Å². The minimum atomic E-state index is -5.08. The summed E-state index contributed by atoms with van der Waals surface area (Å²) >= 11 is 0. The summed E-state index contributed by atoms with van der Waals surface area (Å²) in [5, 5.41) is 15.4. The molecule has 0 aromatic carbocycles. The van der Waals surface area contributed by atoms with Crippen LogP contribution in [0.2, 0.25) is 0 Å². The molecule has 0 aliphatic carbocycles. The van der Waals surface area contributed by atoms with Crippen molar-refractivity contribution in [2.75, 3.05) is 0 Å². The third-order valence-electron chi connectivity index (χ3n) is 1.33. The summed E-state index contributed by atoms with van der Waals surface area (Å²) in [7, 11) is 0. The maximum Gasteiger partial charge on any atom is 0.490 e. The highest BCUT2D eigenvalue weighted by Gasteiger charge is 2.38. The zero-order valence-corrected chi connectivity index (χ0v) is 9.27. The Kier molecular flexibility index (Phi) is 8.44. The van der Waals surface area contributed by atoms with Crippen molar-refractivity contribution < 1.29 is 37.8 Å². The third-order valence-corrected chi connectivity index (χ3v) is 1.33. The second-order valence-electron chi connectivity index (χ2n) is 2.92. The van der Waals surface area contributed by atoms with E-state index in [1.54, 1.807) is 13.0 Å². The lowest BCUT2D eigenvalue weighted by Crippen LogP contribution is -2.32. The van der Waals surface area contributed by atoms with Crippen LogP contribution in [0.1, 0.15) is 13.3 Å². The number of ketones is 1. The molecule has 0 aliphatic heterocycles. The number of carbonyl (C=O) groups is 3. The van der Waals surface area contributed by atoms with E-state index in [-0.39, 0.29) is 12.2 Å². The first-order valence-corrected chi connectivity index (χ1v) is 4.46. The van der Waals surface area contributed by atoms with Gasteiger partial charge in [-0.15, -0.1) is 0 Å². The Morgan fingerprint density at radius 2 is 1.67 bits per heavy atom. The van der Waals surface area contributed by atoms with E-state index in [2.05, 4.69) is 0 Å². The molecule has 6 nitrogen and oxygen atoms in total. The number of allylic oxidation sites excluding steroid dienone is 2. The molecular formula is C9H12F3NO5. The molecule has 1 atom stereocenters. The molecule has 0 rings (SSSR count). The average molecular weight is 271 g/mol. The second-order valence-corrected chi connectivity index (χ2v) is 2.92. The molecule has 0 fully saturated rings. The Balaban J connectivity index is 0. The van der Waals surface area contributed by atoms with Gasteiger partial charge in [-0.2, -0.15) is 13.2 Å². The molecule has 0 spiro atoms. The first-order chi connectivity index (χ1) is 8.02. The van der Waals surface area contributed by atoms with Crippen LogP contribution in [-0.4, -0.2) is 40.2 Å². The first-order valence-electron chi connectivity index (χ1n) is 4.46. The smallest absolute Gasteiger partial charge is 0.480 e. The fourth-order valence-corrected chi connectivity index (χ4v) is 0.558.